The first kappa shape index (κ1) is 12.6. The predicted octanol–water partition coefficient (Wildman–Crippen LogP) is 2.84. The van der Waals surface area contributed by atoms with Crippen molar-refractivity contribution in [3.63, 3.8) is 0 Å². The first-order valence-corrected chi connectivity index (χ1v) is 6.73. The molecule has 0 aromatic heterocycles. The maximum Gasteiger partial charge on any atom is 0.217 e. The zero-order valence-electron chi connectivity index (χ0n) is 9.78. The lowest BCUT2D eigenvalue weighted by molar-refractivity contribution is 0.627. The van der Waals surface area contributed by atoms with Crippen molar-refractivity contribution in [1.29, 1.82) is 0 Å². The second-order valence-electron chi connectivity index (χ2n) is 3.88. The van der Waals surface area contributed by atoms with Crippen LogP contribution in [-0.4, -0.2) is 13.3 Å². The summed E-state index contributed by atoms with van der Waals surface area (Å²) in [6, 6.07) is 10.0. The molecule has 91 valence electrons. The van der Waals surface area contributed by atoms with Crippen LogP contribution in [0, 0.1) is 6.42 Å². The molecule has 1 radical (unpaired) electrons. The Morgan fingerprint density at radius 1 is 1.06 bits per heavy atom. The van der Waals surface area contributed by atoms with Gasteiger partial charge in [-0.25, -0.2) is 0 Å². The van der Waals surface area contributed by atoms with Gasteiger partial charge < -0.3 is 0 Å². The van der Waals surface area contributed by atoms with Crippen LogP contribution in [0.4, 0.5) is 0 Å². The first-order chi connectivity index (χ1) is 8.75. The van der Waals surface area contributed by atoms with Gasteiger partial charge in [-0.2, -0.15) is 8.42 Å². The molecule has 18 heavy (non-hydrogen) atoms. The monoisotopic (exact) mass is 257 g/mol. The van der Waals surface area contributed by atoms with Gasteiger partial charge in [0.05, 0.1) is 4.86 Å². The minimum Gasteiger partial charge on any atom is -0.184 e. The van der Waals surface area contributed by atoms with Crippen LogP contribution in [0.3, 0.4) is 0 Å². The van der Waals surface area contributed by atoms with Crippen molar-refractivity contribution in [2.45, 2.75) is 6.42 Å². The van der Waals surface area contributed by atoms with Gasteiger partial charge in [-0.15, -0.1) is 0 Å². The lowest BCUT2D eigenvalue weighted by Gasteiger charge is -2.03. The SMILES string of the molecule is O=S(=O)=C1C=CC([CH]C=Cc2ccccc2)=CC1. The summed E-state index contributed by atoms with van der Waals surface area (Å²) < 4.78 is 21.4. The minimum absolute atomic E-state index is 0.430. The molecule has 0 aliphatic heterocycles. The number of rotatable bonds is 3. The Labute approximate surface area is 109 Å². The molecule has 1 aromatic rings. The van der Waals surface area contributed by atoms with Gasteiger partial charge in [0.25, 0.3) is 0 Å². The van der Waals surface area contributed by atoms with Crippen molar-refractivity contribution in [2.75, 3.05) is 0 Å². The maximum atomic E-state index is 10.7. The quantitative estimate of drug-likeness (QED) is 0.780. The van der Waals surface area contributed by atoms with Crippen molar-refractivity contribution in [3.05, 3.63) is 72.2 Å². The highest BCUT2D eigenvalue weighted by molar-refractivity contribution is 7.73. The number of hydrogen-bond donors (Lipinski definition) is 0. The standard InChI is InChI=1S/C15H13O2S/c16-18(17)15-11-9-14(10-12-15)8-4-7-13-5-2-1-3-6-13/h1-11H,12H2. The van der Waals surface area contributed by atoms with E-state index < -0.39 is 10.3 Å². The molecule has 1 aliphatic carbocycles. The summed E-state index contributed by atoms with van der Waals surface area (Å²) in [5.41, 5.74) is 2.17. The number of benzene rings is 1. The van der Waals surface area contributed by atoms with Gasteiger partial charge >= 0.3 is 0 Å². The van der Waals surface area contributed by atoms with Crippen LogP contribution < -0.4 is 0 Å². The largest absolute Gasteiger partial charge is 0.217 e. The highest BCUT2D eigenvalue weighted by atomic mass is 32.2. The Hall–Kier alpha value is -1.87. The fraction of sp³-hybridized carbons (Fsp3) is 0.0667. The molecule has 0 heterocycles. The molecule has 0 fully saturated rings. The maximum absolute atomic E-state index is 10.7. The summed E-state index contributed by atoms with van der Waals surface area (Å²) in [4.78, 5) is 0.430. The molecule has 0 saturated heterocycles. The highest BCUT2D eigenvalue weighted by Crippen LogP contribution is 2.12. The topological polar surface area (TPSA) is 34.1 Å². The van der Waals surface area contributed by atoms with Crippen molar-refractivity contribution < 1.29 is 8.42 Å². The average Bonchev–Trinajstić information content (AvgIpc) is 2.40. The molecule has 3 heteroatoms. The van der Waals surface area contributed by atoms with Crippen LogP contribution >= 0.6 is 0 Å². The van der Waals surface area contributed by atoms with E-state index in [1.807, 2.05) is 61.1 Å². The van der Waals surface area contributed by atoms with Gasteiger partial charge in [-0.1, -0.05) is 54.6 Å². The number of hydrogen-bond acceptors (Lipinski definition) is 2. The molecular weight excluding hydrogens is 244 g/mol. The van der Waals surface area contributed by atoms with E-state index in [2.05, 4.69) is 0 Å². The average molecular weight is 257 g/mol. The van der Waals surface area contributed by atoms with E-state index in [0.29, 0.717) is 11.3 Å². The zero-order chi connectivity index (χ0) is 12.8. The second-order valence-corrected chi connectivity index (χ2v) is 4.87. The minimum atomic E-state index is -2.10. The zero-order valence-corrected chi connectivity index (χ0v) is 10.6. The molecule has 0 bridgehead atoms. The van der Waals surface area contributed by atoms with E-state index in [1.54, 1.807) is 6.08 Å². The fourth-order valence-electron chi connectivity index (χ4n) is 1.63. The van der Waals surface area contributed by atoms with Crippen molar-refractivity contribution in [3.8, 4) is 0 Å². The third-order valence-corrected chi connectivity index (χ3v) is 3.32. The summed E-state index contributed by atoms with van der Waals surface area (Å²) in [5.74, 6) is 0. The van der Waals surface area contributed by atoms with Crippen LogP contribution in [-0.2, 0) is 10.3 Å². The van der Waals surface area contributed by atoms with E-state index in [0.717, 1.165) is 11.1 Å². The predicted molar refractivity (Wildman–Crippen MR) is 75.5 cm³/mol. The smallest absolute Gasteiger partial charge is 0.184 e. The lowest BCUT2D eigenvalue weighted by Crippen LogP contribution is -1.98. The Morgan fingerprint density at radius 3 is 2.44 bits per heavy atom. The van der Waals surface area contributed by atoms with Gasteiger partial charge in [-0.3, -0.25) is 0 Å². The summed E-state index contributed by atoms with van der Waals surface area (Å²) in [7, 11) is -2.10. The van der Waals surface area contributed by atoms with Gasteiger partial charge in [-0.05, 0) is 17.2 Å². The molecule has 0 N–H and O–H groups in total. The van der Waals surface area contributed by atoms with E-state index >= 15 is 0 Å². The molecule has 1 aliphatic rings. The first-order valence-electron chi connectivity index (χ1n) is 5.65. The normalized spacial score (nSPS) is 14.9. The van der Waals surface area contributed by atoms with Crippen LogP contribution in [0.5, 0.6) is 0 Å². The van der Waals surface area contributed by atoms with Crippen molar-refractivity contribution >= 4 is 21.2 Å². The van der Waals surface area contributed by atoms with Crippen molar-refractivity contribution in [2.24, 2.45) is 0 Å². The molecule has 1 aromatic carbocycles. The fourth-order valence-corrected chi connectivity index (χ4v) is 2.02. The number of allylic oxidation sites excluding steroid dienone is 5. The second kappa shape index (κ2) is 6.17. The summed E-state index contributed by atoms with van der Waals surface area (Å²) >= 11 is 0. The molecule has 0 spiro atoms. The van der Waals surface area contributed by atoms with Crippen molar-refractivity contribution in [1.82, 2.24) is 0 Å². The Bertz CT molecular complexity index is 624. The highest BCUT2D eigenvalue weighted by Gasteiger charge is 2.02. The third-order valence-electron chi connectivity index (χ3n) is 2.59. The molecule has 0 unspecified atom stereocenters. The third kappa shape index (κ3) is 3.57. The van der Waals surface area contributed by atoms with Gasteiger partial charge in [0.2, 0.25) is 10.3 Å². The Balaban J connectivity index is 1.96. The van der Waals surface area contributed by atoms with E-state index in [4.69, 9.17) is 0 Å². The Kier molecular flexibility index (Phi) is 4.31. The van der Waals surface area contributed by atoms with E-state index in [-0.39, 0.29) is 0 Å². The van der Waals surface area contributed by atoms with Crippen LogP contribution in [0.1, 0.15) is 12.0 Å². The molecule has 0 saturated carbocycles. The van der Waals surface area contributed by atoms with Crippen LogP contribution in [0.15, 0.2) is 60.2 Å². The molecule has 2 rings (SSSR count). The van der Waals surface area contributed by atoms with Crippen LogP contribution in [0.25, 0.3) is 6.08 Å². The molecular formula is C15H13O2S. The van der Waals surface area contributed by atoms with Gasteiger partial charge in [0.1, 0.15) is 0 Å². The lowest BCUT2D eigenvalue weighted by atomic mass is 10.0. The van der Waals surface area contributed by atoms with E-state index in [1.165, 1.54) is 0 Å². The summed E-state index contributed by atoms with van der Waals surface area (Å²) in [6.45, 7) is 0. The molecule has 0 amide bonds. The summed E-state index contributed by atoms with van der Waals surface area (Å²) in [5, 5.41) is 0. The summed E-state index contributed by atoms with van der Waals surface area (Å²) in [6.07, 6.45) is 11.8. The van der Waals surface area contributed by atoms with E-state index in [9.17, 15) is 8.42 Å². The Morgan fingerprint density at radius 2 is 1.83 bits per heavy atom. The van der Waals surface area contributed by atoms with Gasteiger partial charge in [0, 0.05) is 12.8 Å². The molecule has 0 atom stereocenters. The van der Waals surface area contributed by atoms with Crippen LogP contribution in [0.2, 0.25) is 0 Å². The van der Waals surface area contributed by atoms with Gasteiger partial charge in [0.15, 0.2) is 0 Å². The molecule has 2 nitrogen and oxygen atoms in total.